The number of fused-ring (bicyclic) bond motifs is 1. The van der Waals surface area contributed by atoms with Crippen LogP contribution in [0.3, 0.4) is 0 Å². The Hall–Kier alpha value is -2.33. The lowest BCUT2D eigenvalue weighted by atomic mass is 10.2. The zero-order valence-electron chi connectivity index (χ0n) is 10.4. The highest BCUT2D eigenvalue weighted by Gasteiger charge is 2.07. The van der Waals surface area contributed by atoms with Gasteiger partial charge in [0.25, 0.3) is 0 Å². The molecule has 0 unspecified atom stereocenters. The Morgan fingerprint density at radius 2 is 1.95 bits per heavy atom. The zero-order valence-corrected chi connectivity index (χ0v) is 11.1. The molecule has 0 saturated heterocycles. The lowest BCUT2D eigenvalue weighted by molar-refractivity contribution is 0.307. The van der Waals surface area contributed by atoms with Crippen LogP contribution in [0.25, 0.3) is 11.0 Å². The van der Waals surface area contributed by atoms with Crippen molar-refractivity contribution < 1.29 is 9.15 Å². The van der Waals surface area contributed by atoms with Gasteiger partial charge in [0.15, 0.2) is 0 Å². The third-order valence-corrected chi connectivity index (χ3v) is 3.05. The molecule has 0 spiro atoms. The van der Waals surface area contributed by atoms with Crippen LogP contribution in [-0.4, -0.2) is 4.98 Å². The summed E-state index contributed by atoms with van der Waals surface area (Å²) in [5.74, 6) is 0.454. The van der Waals surface area contributed by atoms with Crippen LogP contribution < -0.4 is 10.4 Å². The molecule has 0 aliphatic rings. The normalized spacial score (nSPS) is 10.7. The molecule has 100 valence electrons. The summed E-state index contributed by atoms with van der Waals surface area (Å²) in [6.45, 7) is 0.341. The van der Waals surface area contributed by atoms with Crippen molar-refractivity contribution in [1.82, 2.24) is 4.98 Å². The summed E-state index contributed by atoms with van der Waals surface area (Å²) < 4.78 is 10.8. The van der Waals surface area contributed by atoms with Crippen molar-refractivity contribution in [2.75, 3.05) is 0 Å². The second-order valence-electron chi connectivity index (χ2n) is 4.21. The Kier molecular flexibility index (Phi) is 3.39. The minimum absolute atomic E-state index is 0.341. The van der Waals surface area contributed by atoms with Crippen LogP contribution in [0.1, 0.15) is 5.56 Å². The average Bonchev–Trinajstić information content (AvgIpc) is 2.46. The van der Waals surface area contributed by atoms with Crippen LogP contribution in [0.4, 0.5) is 0 Å². The van der Waals surface area contributed by atoms with Gasteiger partial charge in [-0.1, -0.05) is 11.6 Å². The molecule has 4 nitrogen and oxygen atoms in total. The summed E-state index contributed by atoms with van der Waals surface area (Å²) in [5.41, 5.74) is 0.958. The highest BCUT2D eigenvalue weighted by molar-refractivity contribution is 6.31. The molecule has 0 amide bonds. The maximum absolute atomic E-state index is 11.5. The van der Waals surface area contributed by atoms with Gasteiger partial charge in [0.1, 0.15) is 17.9 Å². The first-order valence-corrected chi connectivity index (χ1v) is 6.35. The first-order valence-electron chi connectivity index (χ1n) is 5.97. The summed E-state index contributed by atoms with van der Waals surface area (Å²) in [4.78, 5) is 15.4. The summed E-state index contributed by atoms with van der Waals surface area (Å²) in [6, 6.07) is 10.0. The van der Waals surface area contributed by atoms with Gasteiger partial charge in [-0.25, -0.2) is 4.79 Å². The molecule has 0 aliphatic carbocycles. The van der Waals surface area contributed by atoms with Crippen molar-refractivity contribution in [2.24, 2.45) is 0 Å². The molecule has 0 atom stereocenters. The molecule has 0 radical (unpaired) electrons. The van der Waals surface area contributed by atoms with E-state index >= 15 is 0 Å². The molecule has 0 aliphatic heterocycles. The van der Waals surface area contributed by atoms with E-state index in [1.165, 1.54) is 6.07 Å². The Morgan fingerprint density at radius 1 is 1.15 bits per heavy atom. The minimum atomic E-state index is -0.454. The Balaban J connectivity index is 1.98. The predicted molar refractivity (Wildman–Crippen MR) is 76.1 cm³/mol. The second-order valence-corrected chi connectivity index (χ2v) is 4.65. The van der Waals surface area contributed by atoms with Crippen molar-refractivity contribution in [3.05, 3.63) is 69.8 Å². The van der Waals surface area contributed by atoms with Crippen molar-refractivity contribution in [3.63, 3.8) is 0 Å². The number of nitrogens with zero attached hydrogens (tertiary/aromatic N) is 1. The van der Waals surface area contributed by atoms with E-state index in [4.69, 9.17) is 20.8 Å². The highest BCUT2D eigenvalue weighted by atomic mass is 35.5. The number of benzene rings is 1. The number of hydrogen-bond acceptors (Lipinski definition) is 4. The average molecular weight is 288 g/mol. The van der Waals surface area contributed by atoms with Crippen LogP contribution in [0.5, 0.6) is 5.75 Å². The van der Waals surface area contributed by atoms with Gasteiger partial charge in [0.05, 0.1) is 11.5 Å². The summed E-state index contributed by atoms with van der Waals surface area (Å²) in [5, 5.41) is 1.23. The highest BCUT2D eigenvalue weighted by Crippen LogP contribution is 2.27. The van der Waals surface area contributed by atoms with Gasteiger partial charge < -0.3 is 9.15 Å². The molecule has 5 heteroatoms. The fourth-order valence-corrected chi connectivity index (χ4v) is 2.04. The Labute approximate surface area is 119 Å². The number of hydrogen-bond donors (Lipinski definition) is 0. The Bertz CT molecular complexity index is 799. The second kappa shape index (κ2) is 5.35. The number of pyridine rings is 1. The lowest BCUT2D eigenvalue weighted by Crippen LogP contribution is -2.02. The van der Waals surface area contributed by atoms with E-state index in [1.54, 1.807) is 30.6 Å². The van der Waals surface area contributed by atoms with Crippen molar-refractivity contribution in [2.45, 2.75) is 6.61 Å². The van der Waals surface area contributed by atoms with E-state index < -0.39 is 5.63 Å². The van der Waals surface area contributed by atoms with E-state index in [0.29, 0.717) is 28.3 Å². The molecular formula is C15H10ClNO3. The van der Waals surface area contributed by atoms with Crippen molar-refractivity contribution in [3.8, 4) is 5.75 Å². The molecule has 0 N–H and O–H groups in total. The van der Waals surface area contributed by atoms with E-state index in [9.17, 15) is 4.79 Å². The molecule has 1 aromatic carbocycles. The first-order chi connectivity index (χ1) is 9.72. The maximum Gasteiger partial charge on any atom is 0.339 e. The first kappa shape index (κ1) is 12.7. The monoisotopic (exact) mass is 287 g/mol. The standard InChI is InChI=1S/C15H10ClNO3/c16-11-1-2-13-12(7-11)14(8-15(18)20-13)19-9-10-3-5-17-6-4-10/h1-8H,9H2. The van der Waals surface area contributed by atoms with Gasteiger partial charge in [0.2, 0.25) is 0 Å². The largest absolute Gasteiger partial charge is 0.488 e. The van der Waals surface area contributed by atoms with E-state index in [1.807, 2.05) is 12.1 Å². The van der Waals surface area contributed by atoms with E-state index in [2.05, 4.69) is 4.98 Å². The molecule has 20 heavy (non-hydrogen) atoms. The molecule has 3 rings (SSSR count). The molecule has 0 saturated carbocycles. The van der Waals surface area contributed by atoms with Crippen LogP contribution in [0.2, 0.25) is 5.02 Å². The van der Waals surface area contributed by atoms with Gasteiger partial charge in [-0.05, 0) is 35.9 Å². The third-order valence-electron chi connectivity index (χ3n) is 2.81. The number of rotatable bonds is 3. The number of halogens is 1. The molecule has 0 fully saturated rings. The summed E-state index contributed by atoms with van der Waals surface area (Å²) in [7, 11) is 0. The molecule has 2 aromatic heterocycles. The SMILES string of the molecule is O=c1cc(OCc2ccncc2)c2cc(Cl)ccc2o1. The van der Waals surface area contributed by atoms with Gasteiger partial charge in [-0.3, -0.25) is 4.98 Å². The fourth-order valence-electron chi connectivity index (χ4n) is 1.87. The van der Waals surface area contributed by atoms with Crippen LogP contribution >= 0.6 is 11.6 Å². The quantitative estimate of drug-likeness (QED) is 0.693. The van der Waals surface area contributed by atoms with Gasteiger partial charge in [-0.2, -0.15) is 0 Å². The predicted octanol–water partition coefficient (Wildman–Crippen LogP) is 3.42. The number of aromatic nitrogens is 1. The van der Waals surface area contributed by atoms with Gasteiger partial charge in [0, 0.05) is 17.4 Å². The fraction of sp³-hybridized carbons (Fsp3) is 0.0667. The van der Waals surface area contributed by atoms with Gasteiger partial charge >= 0.3 is 5.63 Å². The smallest absolute Gasteiger partial charge is 0.339 e. The lowest BCUT2D eigenvalue weighted by Gasteiger charge is -2.08. The molecule has 3 aromatic rings. The van der Waals surface area contributed by atoms with E-state index in [-0.39, 0.29) is 0 Å². The van der Waals surface area contributed by atoms with Crippen LogP contribution in [0, 0.1) is 0 Å². The van der Waals surface area contributed by atoms with Crippen LogP contribution in [0.15, 0.2) is 58.0 Å². The molecule has 2 heterocycles. The zero-order chi connectivity index (χ0) is 13.9. The third kappa shape index (κ3) is 2.65. The van der Waals surface area contributed by atoms with Crippen molar-refractivity contribution >= 4 is 22.6 Å². The topological polar surface area (TPSA) is 52.3 Å². The summed E-state index contributed by atoms with van der Waals surface area (Å²) in [6.07, 6.45) is 3.38. The van der Waals surface area contributed by atoms with Crippen LogP contribution in [-0.2, 0) is 6.61 Å². The van der Waals surface area contributed by atoms with Gasteiger partial charge in [-0.15, -0.1) is 0 Å². The summed E-state index contributed by atoms with van der Waals surface area (Å²) >= 11 is 5.96. The van der Waals surface area contributed by atoms with E-state index in [0.717, 1.165) is 5.56 Å². The minimum Gasteiger partial charge on any atom is -0.488 e. The molecule has 0 bridgehead atoms. The van der Waals surface area contributed by atoms with Crippen molar-refractivity contribution in [1.29, 1.82) is 0 Å². The number of ether oxygens (including phenoxy) is 1. The Morgan fingerprint density at radius 3 is 2.75 bits per heavy atom. The maximum atomic E-state index is 11.5. The molecular weight excluding hydrogens is 278 g/mol.